The van der Waals surface area contributed by atoms with E-state index >= 15 is 0 Å². The molecule has 0 amide bonds. The van der Waals surface area contributed by atoms with Gasteiger partial charge < -0.3 is 4.74 Å². The molecule has 0 aliphatic carbocycles. The maximum absolute atomic E-state index is 5.38. The van der Waals surface area contributed by atoms with Crippen LogP contribution in [0.25, 0.3) is 0 Å². The van der Waals surface area contributed by atoms with E-state index in [-0.39, 0.29) is 0 Å². The van der Waals surface area contributed by atoms with Crippen LogP contribution in [0.2, 0.25) is 0 Å². The van der Waals surface area contributed by atoms with Gasteiger partial charge in [0.25, 0.3) is 0 Å². The number of rotatable bonds is 7. The lowest BCUT2D eigenvalue weighted by Crippen LogP contribution is -2.37. The van der Waals surface area contributed by atoms with Gasteiger partial charge in [0.2, 0.25) is 0 Å². The molecule has 124 valence electrons. The maximum atomic E-state index is 5.38. The molecule has 0 unspecified atom stereocenters. The van der Waals surface area contributed by atoms with Crippen molar-refractivity contribution in [2.75, 3.05) is 38.6 Å². The molecule has 1 aromatic rings. The highest BCUT2D eigenvalue weighted by atomic mass is 33.1. The van der Waals surface area contributed by atoms with Gasteiger partial charge in [-0.1, -0.05) is 66.6 Å². The third-order valence-corrected chi connectivity index (χ3v) is 6.03. The van der Waals surface area contributed by atoms with Gasteiger partial charge in [-0.3, -0.25) is 4.90 Å². The quantitative estimate of drug-likeness (QED) is 0.536. The van der Waals surface area contributed by atoms with E-state index in [9.17, 15) is 0 Å². The Balaban J connectivity index is 1.70. The topological polar surface area (TPSA) is 12.5 Å². The molecule has 22 heavy (non-hydrogen) atoms. The lowest BCUT2D eigenvalue weighted by Gasteiger charge is -2.26. The fraction of sp³-hybridized carbons (Fsp3) is 0.667. The van der Waals surface area contributed by atoms with Crippen LogP contribution >= 0.6 is 21.6 Å². The first-order valence-electron chi connectivity index (χ1n) is 8.16. The molecule has 0 N–H and O–H groups in total. The summed E-state index contributed by atoms with van der Waals surface area (Å²) in [5, 5.41) is 0. The van der Waals surface area contributed by atoms with Crippen molar-refractivity contribution >= 4 is 21.6 Å². The molecule has 0 saturated carbocycles. The second-order valence-corrected chi connectivity index (χ2v) is 9.63. The fourth-order valence-electron chi connectivity index (χ4n) is 2.60. The standard InChI is InChI=1S/C18H29NOS2/c1-18(2,3)14-16-6-4-5-7-17(16)15-22-21-13-10-19-8-11-20-12-9-19/h4-7H,8-15H2,1-3H3. The minimum atomic E-state index is 0.351. The van der Waals surface area contributed by atoms with E-state index in [1.807, 2.05) is 21.6 Å². The summed E-state index contributed by atoms with van der Waals surface area (Å²) in [6, 6.07) is 8.91. The summed E-state index contributed by atoms with van der Waals surface area (Å²) in [5.41, 5.74) is 3.36. The fourth-order valence-corrected chi connectivity index (χ4v) is 4.75. The molecule has 0 bridgehead atoms. The van der Waals surface area contributed by atoms with Crippen LogP contribution in [0.5, 0.6) is 0 Å². The lowest BCUT2D eigenvalue weighted by molar-refractivity contribution is 0.0410. The van der Waals surface area contributed by atoms with Gasteiger partial charge >= 0.3 is 0 Å². The molecule has 4 heteroatoms. The zero-order valence-electron chi connectivity index (χ0n) is 14.1. The second kappa shape index (κ2) is 9.21. The van der Waals surface area contributed by atoms with Crippen molar-refractivity contribution in [2.24, 2.45) is 5.41 Å². The first kappa shape index (κ1) is 18.2. The second-order valence-electron chi connectivity index (χ2n) is 7.04. The highest BCUT2D eigenvalue weighted by Gasteiger charge is 2.14. The molecular formula is C18H29NOS2. The molecule has 1 saturated heterocycles. The predicted molar refractivity (Wildman–Crippen MR) is 101 cm³/mol. The Morgan fingerprint density at radius 2 is 1.73 bits per heavy atom. The summed E-state index contributed by atoms with van der Waals surface area (Å²) in [6.07, 6.45) is 1.15. The van der Waals surface area contributed by atoms with Crippen LogP contribution in [0, 0.1) is 5.41 Å². The SMILES string of the molecule is CC(C)(C)Cc1ccccc1CSSCCN1CCOCC1. The van der Waals surface area contributed by atoms with Gasteiger partial charge in [-0.2, -0.15) is 0 Å². The first-order valence-corrected chi connectivity index (χ1v) is 10.6. The minimum Gasteiger partial charge on any atom is -0.379 e. The molecule has 2 nitrogen and oxygen atoms in total. The molecule has 2 rings (SSSR count). The highest BCUT2D eigenvalue weighted by Crippen LogP contribution is 2.30. The number of nitrogens with zero attached hydrogens (tertiary/aromatic N) is 1. The molecule has 0 spiro atoms. The summed E-state index contributed by atoms with van der Waals surface area (Å²) in [5.74, 6) is 2.31. The number of ether oxygens (including phenoxy) is 1. The van der Waals surface area contributed by atoms with Crippen LogP contribution in [0.15, 0.2) is 24.3 Å². The Hall–Kier alpha value is -0.160. The Morgan fingerprint density at radius 1 is 1.05 bits per heavy atom. The molecule has 1 heterocycles. The number of benzene rings is 1. The normalized spacial score (nSPS) is 16.9. The van der Waals surface area contributed by atoms with Crippen LogP contribution in [0.1, 0.15) is 31.9 Å². The van der Waals surface area contributed by atoms with E-state index in [1.165, 1.54) is 23.4 Å². The maximum Gasteiger partial charge on any atom is 0.0594 e. The van der Waals surface area contributed by atoms with E-state index in [4.69, 9.17) is 4.74 Å². The van der Waals surface area contributed by atoms with Crippen molar-refractivity contribution in [3.8, 4) is 0 Å². The van der Waals surface area contributed by atoms with E-state index in [0.29, 0.717) is 5.41 Å². The minimum absolute atomic E-state index is 0.351. The highest BCUT2D eigenvalue weighted by molar-refractivity contribution is 8.76. The van der Waals surface area contributed by atoms with Crippen molar-refractivity contribution in [1.82, 2.24) is 4.90 Å². The molecule has 1 aliphatic heterocycles. The predicted octanol–water partition coefficient (Wildman–Crippen LogP) is 4.49. The molecule has 0 radical (unpaired) electrons. The summed E-state index contributed by atoms with van der Waals surface area (Å²) in [6.45, 7) is 12.1. The zero-order chi connectivity index (χ0) is 15.8. The Labute approximate surface area is 143 Å². The van der Waals surface area contributed by atoms with Gasteiger partial charge in [0.05, 0.1) is 13.2 Å². The van der Waals surface area contributed by atoms with Crippen LogP contribution in [0.4, 0.5) is 0 Å². The largest absolute Gasteiger partial charge is 0.379 e. The summed E-state index contributed by atoms with van der Waals surface area (Å²) in [7, 11) is 4.00. The molecule has 1 aliphatic rings. The third kappa shape index (κ3) is 6.95. The Morgan fingerprint density at radius 3 is 2.41 bits per heavy atom. The van der Waals surface area contributed by atoms with Gasteiger partial charge in [-0.05, 0) is 23.0 Å². The smallest absolute Gasteiger partial charge is 0.0594 e. The molecule has 0 aromatic heterocycles. The Kier molecular flexibility index (Phi) is 7.61. The van der Waals surface area contributed by atoms with E-state index < -0.39 is 0 Å². The van der Waals surface area contributed by atoms with Crippen molar-refractivity contribution in [2.45, 2.75) is 32.9 Å². The molecule has 1 fully saturated rings. The average Bonchev–Trinajstić information content (AvgIpc) is 2.48. The van der Waals surface area contributed by atoms with E-state index in [0.717, 1.165) is 38.5 Å². The van der Waals surface area contributed by atoms with Crippen LogP contribution < -0.4 is 0 Å². The average molecular weight is 340 g/mol. The van der Waals surface area contributed by atoms with Gasteiger partial charge in [0.1, 0.15) is 0 Å². The summed E-state index contributed by atoms with van der Waals surface area (Å²) < 4.78 is 5.38. The summed E-state index contributed by atoms with van der Waals surface area (Å²) in [4.78, 5) is 2.50. The van der Waals surface area contributed by atoms with Crippen molar-refractivity contribution in [3.05, 3.63) is 35.4 Å². The molecule has 0 atom stereocenters. The number of morpholine rings is 1. The Bertz CT molecular complexity index is 439. The van der Waals surface area contributed by atoms with Gasteiger partial charge in [0, 0.05) is 31.1 Å². The monoisotopic (exact) mass is 339 g/mol. The zero-order valence-corrected chi connectivity index (χ0v) is 15.8. The van der Waals surface area contributed by atoms with Crippen LogP contribution in [-0.2, 0) is 16.9 Å². The molecule has 1 aromatic carbocycles. The van der Waals surface area contributed by atoms with Crippen LogP contribution in [-0.4, -0.2) is 43.5 Å². The number of hydrogen-bond acceptors (Lipinski definition) is 4. The van der Waals surface area contributed by atoms with Crippen LogP contribution in [0.3, 0.4) is 0 Å². The van der Waals surface area contributed by atoms with E-state index in [2.05, 4.69) is 49.9 Å². The van der Waals surface area contributed by atoms with Crippen molar-refractivity contribution < 1.29 is 4.74 Å². The van der Waals surface area contributed by atoms with Crippen molar-refractivity contribution in [3.63, 3.8) is 0 Å². The van der Waals surface area contributed by atoms with Gasteiger partial charge in [-0.25, -0.2) is 0 Å². The lowest BCUT2D eigenvalue weighted by atomic mass is 9.86. The van der Waals surface area contributed by atoms with Gasteiger partial charge in [-0.15, -0.1) is 0 Å². The summed E-state index contributed by atoms with van der Waals surface area (Å²) >= 11 is 0. The van der Waals surface area contributed by atoms with Crippen molar-refractivity contribution in [1.29, 1.82) is 0 Å². The van der Waals surface area contributed by atoms with E-state index in [1.54, 1.807) is 0 Å². The first-order chi connectivity index (χ1) is 10.5. The number of hydrogen-bond donors (Lipinski definition) is 0. The molecular weight excluding hydrogens is 310 g/mol. The third-order valence-electron chi connectivity index (χ3n) is 3.73. The van der Waals surface area contributed by atoms with Gasteiger partial charge in [0.15, 0.2) is 0 Å².